The summed E-state index contributed by atoms with van der Waals surface area (Å²) in [6, 6.07) is 6.61. The summed E-state index contributed by atoms with van der Waals surface area (Å²) < 4.78 is 6.13. The lowest BCUT2D eigenvalue weighted by Crippen LogP contribution is -2.34. The van der Waals surface area contributed by atoms with Crippen LogP contribution < -0.4 is 10.1 Å². The van der Waals surface area contributed by atoms with Crippen molar-refractivity contribution in [2.45, 2.75) is 38.2 Å². The Labute approximate surface area is 97.0 Å². The van der Waals surface area contributed by atoms with Crippen LogP contribution in [0.4, 0.5) is 0 Å². The molecule has 2 nitrogen and oxygen atoms in total. The fourth-order valence-corrected chi connectivity index (χ4v) is 2.78. The Balaban J connectivity index is 1.80. The van der Waals surface area contributed by atoms with Gasteiger partial charge in [0.05, 0.1) is 0 Å². The molecule has 1 aliphatic carbocycles. The summed E-state index contributed by atoms with van der Waals surface area (Å²) in [4.78, 5) is 0. The lowest BCUT2D eigenvalue weighted by molar-refractivity contribution is 0.111. The minimum absolute atomic E-state index is 0.00710. The average molecular weight is 217 g/mol. The van der Waals surface area contributed by atoms with E-state index in [0.29, 0.717) is 0 Å². The van der Waals surface area contributed by atoms with Crippen molar-refractivity contribution in [1.29, 1.82) is 0 Å². The molecule has 1 aromatic rings. The molecule has 1 N–H and O–H groups in total. The van der Waals surface area contributed by atoms with Gasteiger partial charge in [0.2, 0.25) is 0 Å². The van der Waals surface area contributed by atoms with E-state index in [9.17, 15) is 0 Å². The number of aryl methyl sites for hydroxylation is 2. The van der Waals surface area contributed by atoms with Crippen molar-refractivity contribution >= 4 is 0 Å². The van der Waals surface area contributed by atoms with E-state index in [1.165, 1.54) is 30.4 Å². The maximum Gasteiger partial charge on any atom is 0.120 e. The molecule has 1 aromatic carbocycles. The Morgan fingerprint density at radius 1 is 1.25 bits per heavy atom. The van der Waals surface area contributed by atoms with E-state index >= 15 is 0 Å². The van der Waals surface area contributed by atoms with Crippen LogP contribution in [0.2, 0.25) is 0 Å². The van der Waals surface area contributed by atoms with Gasteiger partial charge in [-0.2, -0.15) is 0 Å². The standard InChI is InChI=1S/C14H19NO/c1-14(7-8-15-10-14)16-13-6-5-11-3-2-4-12(11)9-13/h5-6,9,15H,2-4,7-8,10H2,1H3. The van der Waals surface area contributed by atoms with Gasteiger partial charge in [-0.25, -0.2) is 0 Å². The van der Waals surface area contributed by atoms with Gasteiger partial charge >= 0.3 is 0 Å². The molecule has 3 rings (SSSR count). The second kappa shape index (κ2) is 3.77. The maximum atomic E-state index is 6.13. The van der Waals surface area contributed by atoms with Gasteiger partial charge in [-0.15, -0.1) is 0 Å². The van der Waals surface area contributed by atoms with Crippen LogP contribution in [-0.2, 0) is 12.8 Å². The average Bonchev–Trinajstić information content (AvgIpc) is 2.86. The van der Waals surface area contributed by atoms with E-state index in [1.54, 1.807) is 0 Å². The highest BCUT2D eigenvalue weighted by Gasteiger charge is 2.30. The first-order valence-corrected chi connectivity index (χ1v) is 6.27. The second-order valence-corrected chi connectivity index (χ2v) is 5.26. The lowest BCUT2D eigenvalue weighted by atomic mass is 10.1. The van der Waals surface area contributed by atoms with Crippen LogP contribution in [0.1, 0.15) is 30.9 Å². The lowest BCUT2D eigenvalue weighted by Gasteiger charge is -2.25. The number of nitrogens with one attached hydrogen (secondary N) is 1. The van der Waals surface area contributed by atoms with Crippen molar-refractivity contribution in [2.24, 2.45) is 0 Å². The fourth-order valence-electron chi connectivity index (χ4n) is 2.78. The summed E-state index contributed by atoms with van der Waals surface area (Å²) >= 11 is 0. The minimum atomic E-state index is -0.00710. The number of hydrogen-bond acceptors (Lipinski definition) is 2. The molecule has 1 heterocycles. The van der Waals surface area contributed by atoms with Gasteiger partial charge in [0.15, 0.2) is 0 Å². The van der Waals surface area contributed by atoms with E-state index in [-0.39, 0.29) is 5.60 Å². The quantitative estimate of drug-likeness (QED) is 0.820. The SMILES string of the molecule is CC1(Oc2ccc3c(c2)CCC3)CCNC1. The topological polar surface area (TPSA) is 21.3 Å². The minimum Gasteiger partial charge on any atom is -0.486 e. The molecule has 0 amide bonds. The van der Waals surface area contributed by atoms with Gasteiger partial charge in [0.25, 0.3) is 0 Å². The van der Waals surface area contributed by atoms with Crippen molar-refractivity contribution in [3.05, 3.63) is 29.3 Å². The molecule has 2 aliphatic rings. The number of ether oxygens (including phenoxy) is 1. The first-order valence-electron chi connectivity index (χ1n) is 6.27. The van der Waals surface area contributed by atoms with Crippen LogP contribution in [0.3, 0.4) is 0 Å². The monoisotopic (exact) mass is 217 g/mol. The Morgan fingerprint density at radius 2 is 2.12 bits per heavy atom. The third-order valence-corrected chi connectivity index (χ3v) is 3.76. The Bertz CT molecular complexity index is 394. The van der Waals surface area contributed by atoms with Crippen molar-refractivity contribution < 1.29 is 4.74 Å². The summed E-state index contributed by atoms with van der Waals surface area (Å²) in [6.07, 6.45) is 4.87. The van der Waals surface area contributed by atoms with Crippen LogP contribution >= 0.6 is 0 Å². The van der Waals surface area contributed by atoms with E-state index in [0.717, 1.165) is 25.3 Å². The molecule has 1 saturated heterocycles. The highest BCUT2D eigenvalue weighted by molar-refractivity contribution is 5.38. The van der Waals surface area contributed by atoms with E-state index in [4.69, 9.17) is 4.74 Å². The third kappa shape index (κ3) is 1.82. The molecule has 0 saturated carbocycles. The molecule has 1 fully saturated rings. The molecule has 1 aliphatic heterocycles. The van der Waals surface area contributed by atoms with Crippen molar-refractivity contribution in [3.63, 3.8) is 0 Å². The largest absolute Gasteiger partial charge is 0.486 e. The van der Waals surface area contributed by atoms with Gasteiger partial charge in [-0.05, 0) is 56.0 Å². The molecular formula is C14H19NO. The normalized spacial score (nSPS) is 28.1. The highest BCUT2D eigenvalue weighted by atomic mass is 16.5. The van der Waals surface area contributed by atoms with Crippen LogP contribution in [0.5, 0.6) is 5.75 Å². The van der Waals surface area contributed by atoms with Crippen molar-refractivity contribution in [1.82, 2.24) is 5.32 Å². The highest BCUT2D eigenvalue weighted by Crippen LogP contribution is 2.29. The van der Waals surface area contributed by atoms with Crippen LogP contribution in [0, 0.1) is 0 Å². The molecule has 0 spiro atoms. The van der Waals surface area contributed by atoms with E-state index < -0.39 is 0 Å². The predicted octanol–water partition coefficient (Wildman–Crippen LogP) is 2.31. The zero-order valence-corrected chi connectivity index (χ0v) is 9.88. The molecule has 86 valence electrons. The number of benzene rings is 1. The van der Waals surface area contributed by atoms with Crippen molar-refractivity contribution in [3.8, 4) is 5.75 Å². The van der Waals surface area contributed by atoms with Gasteiger partial charge < -0.3 is 10.1 Å². The summed E-state index contributed by atoms with van der Waals surface area (Å²) in [5.41, 5.74) is 3.00. The summed E-state index contributed by atoms with van der Waals surface area (Å²) in [5.74, 6) is 1.05. The molecule has 2 heteroatoms. The molecular weight excluding hydrogens is 198 g/mol. The summed E-state index contributed by atoms with van der Waals surface area (Å²) in [7, 11) is 0. The number of rotatable bonds is 2. The summed E-state index contributed by atoms with van der Waals surface area (Å²) in [5, 5.41) is 3.36. The van der Waals surface area contributed by atoms with Crippen LogP contribution in [0.15, 0.2) is 18.2 Å². The summed E-state index contributed by atoms with van der Waals surface area (Å²) in [6.45, 7) is 4.23. The van der Waals surface area contributed by atoms with Crippen LogP contribution in [0.25, 0.3) is 0 Å². The molecule has 1 atom stereocenters. The third-order valence-electron chi connectivity index (χ3n) is 3.76. The predicted molar refractivity (Wildman–Crippen MR) is 65.0 cm³/mol. The molecule has 1 unspecified atom stereocenters. The fraction of sp³-hybridized carbons (Fsp3) is 0.571. The number of hydrogen-bond donors (Lipinski definition) is 1. The Kier molecular flexibility index (Phi) is 2.40. The molecule has 16 heavy (non-hydrogen) atoms. The van der Waals surface area contributed by atoms with Gasteiger partial charge in [-0.3, -0.25) is 0 Å². The second-order valence-electron chi connectivity index (χ2n) is 5.26. The number of fused-ring (bicyclic) bond motifs is 1. The smallest absolute Gasteiger partial charge is 0.120 e. The molecule has 0 bridgehead atoms. The first-order chi connectivity index (χ1) is 7.75. The Hall–Kier alpha value is -1.02. The van der Waals surface area contributed by atoms with Gasteiger partial charge in [-0.1, -0.05) is 6.07 Å². The van der Waals surface area contributed by atoms with Gasteiger partial charge in [0.1, 0.15) is 11.4 Å². The van der Waals surface area contributed by atoms with E-state index in [1.807, 2.05) is 0 Å². The van der Waals surface area contributed by atoms with Gasteiger partial charge in [0, 0.05) is 13.0 Å². The van der Waals surface area contributed by atoms with Crippen LogP contribution in [-0.4, -0.2) is 18.7 Å². The molecule has 0 radical (unpaired) electrons. The molecule has 0 aromatic heterocycles. The Morgan fingerprint density at radius 3 is 2.94 bits per heavy atom. The maximum absolute atomic E-state index is 6.13. The first kappa shape index (κ1) is 10.2. The van der Waals surface area contributed by atoms with Crippen molar-refractivity contribution in [2.75, 3.05) is 13.1 Å². The van der Waals surface area contributed by atoms with E-state index in [2.05, 4.69) is 30.4 Å². The zero-order valence-electron chi connectivity index (χ0n) is 9.88. The zero-order chi connectivity index (χ0) is 11.0.